The maximum absolute atomic E-state index is 5.33. The minimum atomic E-state index is -0.750. The van der Waals surface area contributed by atoms with Crippen molar-refractivity contribution >= 4 is 58.0 Å². The molecule has 58 valence electrons. The Hall–Kier alpha value is 1.45. The lowest BCUT2D eigenvalue weighted by molar-refractivity contribution is 1.11. The molecule has 5 heteroatoms. The van der Waals surface area contributed by atoms with Gasteiger partial charge in [-0.1, -0.05) is 34.8 Å². The van der Waals surface area contributed by atoms with Crippen molar-refractivity contribution in [3.8, 4) is 0 Å². The van der Waals surface area contributed by atoms with Gasteiger partial charge in [-0.2, -0.15) is 0 Å². The third kappa shape index (κ3) is 44.1. The van der Waals surface area contributed by atoms with E-state index in [0.29, 0.717) is 5.88 Å². The molecule has 0 aromatic carbocycles. The lowest BCUT2D eigenvalue weighted by Crippen LogP contribution is -1.87. The van der Waals surface area contributed by atoms with Gasteiger partial charge in [0.1, 0.15) is 0 Å². The van der Waals surface area contributed by atoms with Crippen LogP contribution in [0.2, 0.25) is 0 Å². The second-order valence-corrected chi connectivity index (χ2v) is 4.22. The van der Waals surface area contributed by atoms with Crippen LogP contribution in [0.3, 0.4) is 0 Å². The van der Waals surface area contributed by atoms with E-state index in [1.807, 2.05) is 6.92 Å². The van der Waals surface area contributed by atoms with Gasteiger partial charge < -0.3 is 0 Å². The highest BCUT2D eigenvalue weighted by Crippen LogP contribution is 2.03. The molecule has 0 aliphatic heterocycles. The van der Waals surface area contributed by atoms with Gasteiger partial charge in [0.2, 0.25) is 0 Å². The molecule has 0 amide bonds. The summed E-state index contributed by atoms with van der Waals surface area (Å²) in [5.74, 6) is 0.543. The predicted octanol–water partition coefficient (Wildman–Crippen LogP) is 3.84. The molecule has 0 aromatic rings. The van der Waals surface area contributed by atoms with Crippen LogP contribution < -0.4 is 0 Å². The molecule has 0 rings (SSSR count). The van der Waals surface area contributed by atoms with E-state index in [9.17, 15) is 0 Å². The zero-order valence-electron chi connectivity index (χ0n) is 4.75. The van der Waals surface area contributed by atoms with E-state index < -0.39 is 4.30 Å². The van der Waals surface area contributed by atoms with Crippen molar-refractivity contribution in [2.24, 2.45) is 0 Å². The van der Waals surface area contributed by atoms with Gasteiger partial charge in [0.25, 0.3) is 0 Å². The van der Waals surface area contributed by atoms with Gasteiger partial charge in [0.15, 0.2) is 4.30 Å². The quantitative estimate of drug-likeness (QED) is 0.603. The van der Waals surface area contributed by atoms with E-state index >= 15 is 0 Å². The fourth-order valence-corrected chi connectivity index (χ4v) is 0. The first-order valence-corrected chi connectivity index (χ1v) is 4.41. The summed E-state index contributed by atoms with van der Waals surface area (Å²) in [5.41, 5.74) is 0. The zero-order chi connectivity index (χ0) is 7.86. The number of hydrogen-bond acceptors (Lipinski definition) is 0. The minimum absolute atomic E-state index is 0.122. The van der Waals surface area contributed by atoms with Crippen LogP contribution >= 0.6 is 58.0 Å². The second kappa shape index (κ2) is 9.45. The topological polar surface area (TPSA) is 0 Å². The average molecular weight is 232 g/mol. The number of rotatable bonds is 1. The van der Waals surface area contributed by atoms with Crippen molar-refractivity contribution in [3.05, 3.63) is 0 Å². The fourth-order valence-electron chi connectivity index (χ4n) is 0. The largest absolute Gasteiger partial charge is 0.180 e. The molecular formula is C4H7Cl5. The highest BCUT2D eigenvalue weighted by Gasteiger charge is 1.85. The maximum atomic E-state index is 5.33. The van der Waals surface area contributed by atoms with E-state index in [4.69, 9.17) is 58.0 Å². The first-order chi connectivity index (χ1) is 4.00. The Kier molecular flexibility index (Phi) is 13.7. The fraction of sp³-hybridized carbons (Fsp3) is 1.00. The molecule has 0 aliphatic carbocycles. The SMILES string of the molecule is CC(Cl)CCl.ClC(Cl)Cl. The Morgan fingerprint density at radius 3 is 1.22 bits per heavy atom. The predicted molar refractivity (Wildman–Crippen MR) is 47.4 cm³/mol. The molecule has 0 spiro atoms. The molecule has 0 fully saturated rings. The van der Waals surface area contributed by atoms with Crippen LogP contribution in [-0.2, 0) is 0 Å². The normalized spacial score (nSPS) is 12.3. The molecule has 0 saturated carbocycles. The van der Waals surface area contributed by atoms with Crippen molar-refractivity contribution < 1.29 is 0 Å². The molecule has 0 heterocycles. The van der Waals surface area contributed by atoms with Gasteiger partial charge in [-0.05, 0) is 6.92 Å². The molecular weight excluding hydrogens is 225 g/mol. The van der Waals surface area contributed by atoms with E-state index in [0.717, 1.165) is 0 Å². The Labute approximate surface area is 80.4 Å². The van der Waals surface area contributed by atoms with Crippen molar-refractivity contribution in [1.29, 1.82) is 0 Å². The summed E-state index contributed by atoms with van der Waals surface area (Å²) in [6.45, 7) is 1.86. The maximum Gasteiger partial charge on any atom is 0.180 e. The van der Waals surface area contributed by atoms with E-state index in [1.54, 1.807) is 0 Å². The summed E-state index contributed by atoms with van der Waals surface area (Å²) >= 11 is 25.0. The Morgan fingerprint density at radius 2 is 1.22 bits per heavy atom. The first kappa shape index (κ1) is 13.1. The molecule has 0 aliphatic rings. The Bertz CT molecular complexity index is 41.5. The van der Waals surface area contributed by atoms with Gasteiger partial charge in [0.05, 0.1) is 0 Å². The van der Waals surface area contributed by atoms with Gasteiger partial charge in [-0.3, -0.25) is 0 Å². The minimum Gasteiger partial charge on any atom is -0.125 e. The van der Waals surface area contributed by atoms with E-state index in [1.165, 1.54) is 0 Å². The summed E-state index contributed by atoms with van der Waals surface area (Å²) in [5, 5.41) is 0.122. The summed E-state index contributed by atoms with van der Waals surface area (Å²) in [4.78, 5) is 0. The number of alkyl halides is 5. The number of halogens is 5. The van der Waals surface area contributed by atoms with Crippen LogP contribution in [0.1, 0.15) is 6.92 Å². The van der Waals surface area contributed by atoms with Crippen LogP contribution in [0.25, 0.3) is 0 Å². The van der Waals surface area contributed by atoms with E-state index in [-0.39, 0.29) is 5.38 Å². The van der Waals surface area contributed by atoms with Crippen LogP contribution in [0.4, 0.5) is 0 Å². The lowest BCUT2D eigenvalue weighted by atomic mass is 10.6. The monoisotopic (exact) mass is 230 g/mol. The second-order valence-electron chi connectivity index (χ2n) is 1.18. The molecule has 0 nitrogen and oxygen atoms in total. The van der Waals surface area contributed by atoms with Crippen molar-refractivity contribution in [2.75, 3.05) is 5.88 Å². The Balaban J connectivity index is 0. The highest BCUT2D eigenvalue weighted by molar-refractivity contribution is 6.63. The molecule has 0 aromatic heterocycles. The molecule has 0 radical (unpaired) electrons. The highest BCUT2D eigenvalue weighted by atomic mass is 35.6. The van der Waals surface area contributed by atoms with Gasteiger partial charge in [-0.15, -0.1) is 23.2 Å². The average Bonchev–Trinajstić information content (AvgIpc) is 1.65. The third-order valence-electron chi connectivity index (χ3n) is 0.213. The van der Waals surface area contributed by atoms with Crippen LogP contribution in [0.5, 0.6) is 0 Å². The first-order valence-electron chi connectivity index (χ1n) is 2.13. The molecule has 1 atom stereocenters. The van der Waals surface area contributed by atoms with Crippen molar-refractivity contribution in [2.45, 2.75) is 16.6 Å². The lowest BCUT2D eigenvalue weighted by Gasteiger charge is -1.85. The molecule has 1 unspecified atom stereocenters. The van der Waals surface area contributed by atoms with Crippen LogP contribution in [0, 0.1) is 0 Å². The summed E-state index contributed by atoms with van der Waals surface area (Å²) in [6.07, 6.45) is 0. The summed E-state index contributed by atoms with van der Waals surface area (Å²) < 4.78 is -0.750. The smallest absolute Gasteiger partial charge is 0.125 e. The third-order valence-corrected chi connectivity index (χ3v) is 0.988. The summed E-state index contributed by atoms with van der Waals surface area (Å²) in [7, 11) is 0. The van der Waals surface area contributed by atoms with Gasteiger partial charge >= 0.3 is 0 Å². The molecule has 0 N–H and O–H groups in total. The molecule has 0 bridgehead atoms. The van der Waals surface area contributed by atoms with Gasteiger partial charge in [-0.25, -0.2) is 0 Å². The van der Waals surface area contributed by atoms with Crippen molar-refractivity contribution in [3.63, 3.8) is 0 Å². The zero-order valence-corrected chi connectivity index (χ0v) is 8.53. The van der Waals surface area contributed by atoms with E-state index in [2.05, 4.69) is 0 Å². The van der Waals surface area contributed by atoms with Crippen LogP contribution in [-0.4, -0.2) is 15.6 Å². The van der Waals surface area contributed by atoms with Gasteiger partial charge in [0, 0.05) is 11.3 Å². The number of hydrogen-bond donors (Lipinski definition) is 0. The van der Waals surface area contributed by atoms with Crippen LogP contribution in [0.15, 0.2) is 0 Å². The molecule has 9 heavy (non-hydrogen) atoms. The molecule has 0 saturated heterocycles. The summed E-state index contributed by atoms with van der Waals surface area (Å²) in [6, 6.07) is 0. The Morgan fingerprint density at radius 1 is 1.11 bits per heavy atom. The van der Waals surface area contributed by atoms with Crippen molar-refractivity contribution in [1.82, 2.24) is 0 Å². The standard InChI is InChI=1S/C3H6Cl2.CHCl3/c1-3(5)2-4;2-1(3)4/h3H,2H2,1H3;1H.